The molecule has 0 saturated carbocycles. The predicted molar refractivity (Wildman–Crippen MR) is 44.2 cm³/mol. The van der Waals surface area contributed by atoms with Crippen LogP contribution < -0.4 is 5.32 Å². The molecule has 0 aliphatic carbocycles. The van der Waals surface area contributed by atoms with E-state index in [1.807, 2.05) is 7.05 Å². The normalized spacial score (nSPS) is 13.5. The van der Waals surface area contributed by atoms with Gasteiger partial charge in [0, 0.05) is 6.61 Å². The van der Waals surface area contributed by atoms with E-state index in [-0.39, 0.29) is 0 Å². The molecule has 0 heterocycles. The minimum Gasteiger partial charge on any atom is -0.381 e. The highest BCUT2D eigenvalue weighted by Crippen LogP contribution is 1.93. The lowest BCUT2D eigenvalue weighted by Gasteiger charge is -2.09. The summed E-state index contributed by atoms with van der Waals surface area (Å²) in [6, 6.07) is 0. The van der Waals surface area contributed by atoms with Crippen LogP contribution in [-0.4, -0.2) is 26.8 Å². The maximum atomic E-state index is 5.36. The highest BCUT2D eigenvalue weighted by atomic mass is 16.5. The Kier molecular flexibility index (Phi) is 6.98. The molecule has 0 saturated heterocycles. The molecule has 2 heteroatoms. The maximum absolute atomic E-state index is 5.36. The van der Waals surface area contributed by atoms with Gasteiger partial charge < -0.3 is 10.1 Å². The number of ether oxygens (including phenoxy) is 1. The van der Waals surface area contributed by atoms with Gasteiger partial charge in [0.05, 0.1) is 6.61 Å². The van der Waals surface area contributed by atoms with Gasteiger partial charge in [0.2, 0.25) is 0 Å². The molecule has 0 aliphatic rings. The smallest absolute Gasteiger partial charge is 0.0503 e. The van der Waals surface area contributed by atoms with Crippen molar-refractivity contribution in [1.29, 1.82) is 0 Å². The summed E-state index contributed by atoms with van der Waals surface area (Å²) < 4.78 is 5.36. The Labute approximate surface area is 64.0 Å². The summed E-state index contributed by atoms with van der Waals surface area (Å²) in [6.45, 7) is 7.14. The second-order valence-electron chi connectivity index (χ2n) is 2.74. The zero-order valence-corrected chi connectivity index (χ0v) is 7.31. The summed E-state index contributed by atoms with van der Waals surface area (Å²) in [5, 5.41) is 3.11. The van der Waals surface area contributed by atoms with Gasteiger partial charge in [-0.25, -0.2) is 0 Å². The zero-order chi connectivity index (χ0) is 7.82. The number of hydrogen-bond acceptors (Lipinski definition) is 2. The Balaban J connectivity index is 2.97. The molecule has 0 fully saturated rings. The first-order valence-electron chi connectivity index (χ1n) is 4.03. The summed E-state index contributed by atoms with van der Waals surface area (Å²) in [4.78, 5) is 0. The van der Waals surface area contributed by atoms with Crippen LogP contribution in [-0.2, 0) is 4.74 Å². The second kappa shape index (κ2) is 7.03. The third kappa shape index (κ3) is 6.05. The lowest BCUT2D eigenvalue weighted by atomic mass is 10.2. The average Bonchev–Trinajstić information content (AvgIpc) is 1.89. The Bertz CT molecular complexity index is 66.3. The lowest BCUT2D eigenvalue weighted by Crippen LogP contribution is -2.20. The Hall–Kier alpha value is -0.0800. The van der Waals surface area contributed by atoms with Crippen LogP contribution in [0.1, 0.15) is 20.3 Å². The lowest BCUT2D eigenvalue weighted by molar-refractivity contribution is 0.105. The minimum atomic E-state index is 0.636. The van der Waals surface area contributed by atoms with Crippen LogP contribution in [0.2, 0.25) is 0 Å². The van der Waals surface area contributed by atoms with Gasteiger partial charge >= 0.3 is 0 Å². The van der Waals surface area contributed by atoms with Gasteiger partial charge in [0.1, 0.15) is 0 Å². The van der Waals surface area contributed by atoms with Gasteiger partial charge in [-0.1, -0.05) is 13.8 Å². The number of hydrogen-bond donors (Lipinski definition) is 1. The van der Waals surface area contributed by atoms with Crippen molar-refractivity contribution in [1.82, 2.24) is 5.32 Å². The molecule has 1 unspecified atom stereocenters. The van der Waals surface area contributed by atoms with Crippen molar-refractivity contribution in [2.45, 2.75) is 20.3 Å². The highest BCUT2D eigenvalue weighted by molar-refractivity contribution is 4.51. The van der Waals surface area contributed by atoms with Gasteiger partial charge in [0.25, 0.3) is 0 Å². The molecule has 0 aromatic rings. The zero-order valence-electron chi connectivity index (χ0n) is 7.31. The van der Waals surface area contributed by atoms with Gasteiger partial charge in [-0.15, -0.1) is 0 Å². The highest BCUT2D eigenvalue weighted by Gasteiger charge is 1.98. The van der Waals surface area contributed by atoms with E-state index in [4.69, 9.17) is 4.74 Å². The third-order valence-electron chi connectivity index (χ3n) is 1.30. The topological polar surface area (TPSA) is 21.3 Å². The maximum Gasteiger partial charge on any atom is 0.0503 e. The Morgan fingerprint density at radius 1 is 1.50 bits per heavy atom. The molecule has 62 valence electrons. The molecule has 0 aromatic carbocycles. The van der Waals surface area contributed by atoms with Crippen molar-refractivity contribution in [2.24, 2.45) is 5.92 Å². The number of nitrogens with one attached hydrogen (secondary N) is 1. The summed E-state index contributed by atoms with van der Waals surface area (Å²) >= 11 is 0. The summed E-state index contributed by atoms with van der Waals surface area (Å²) in [7, 11) is 1.97. The van der Waals surface area contributed by atoms with Crippen molar-refractivity contribution in [3.8, 4) is 0 Å². The van der Waals surface area contributed by atoms with Crippen LogP contribution in [0.4, 0.5) is 0 Å². The third-order valence-corrected chi connectivity index (χ3v) is 1.30. The summed E-state index contributed by atoms with van der Waals surface area (Å²) in [6.07, 6.45) is 1.12. The first-order chi connectivity index (χ1) is 4.81. The molecule has 0 amide bonds. The molecule has 0 bridgehead atoms. The van der Waals surface area contributed by atoms with Crippen LogP contribution in [0, 0.1) is 5.92 Å². The molecule has 10 heavy (non-hydrogen) atoms. The van der Waals surface area contributed by atoms with Crippen LogP contribution in [0.5, 0.6) is 0 Å². The molecule has 1 N–H and O–H groups in total. The van der Waals surface area contributed by atoms with Crippen LogP contribution in [0.25, 0.3) is 0 Å². The standard InChI is InChI=1S/C8H19NO/c1-4-5-10-7-8(2)6-9-3/h8-9H,4-7H2,1-3H3. The average molecular weight is 145 g/mol. The summed E-state index contributed by atoms with van der Waals surface area (Å²) in [5.74, 6) is 0.636. The van der Waals surface area contributed by atoms with Gasteiger partial charge in [-0.05, 0) is 25.9 Å². The molecule has 0 rings (SSSR count). The van der Waals surface area contributed by atoms with E-state index in [9.17, 15) is 0 Å². The molecule has 1 atom stereocenters. The predicted octanol–water partition coefficient (Wildman–Crippen LogP) is 1.27. The summed E-state index contributed by atoms with van der Waals surface area (Å²) in [5.41, 5.74) is 0. The van der Waals surface area contributed by atoms with Crippen molar-refractivity contribution in [3.05, 3.63) is 0 Å². The fraction of sp³-hybridized carbons (Fsp3) is 1.00. The van der Waals surface area contributed by atoms with E-state index < -0.39 is 0 Å². The fourth-order valence-corrected chi connectivity index (χ4v) is 0.836. The molecule has 0 aliphatic heterocycles. The van der Waals surface area contributed by atoms with E-state index in [1.165, 1.54) is 0 Å². The molecular weight excluding hydrogens is 126 g/mol. The van der Waals surface area contributed by atoms with Crippen molar-refractivity contribution in [2.75, 3.05) is 26.8 Å². The van der Waals surface area contributed by atoms with E-state index in [0.29, 0.717) is 5.92 Å². The van der Waals surface area contributed by atoms with Crippen LogP contribution in [0.15, 0.2) is 0 Å². The number of rotatable bonds is 6. The minimum absolute atomic E-state index is 0.636. The molecule has 0 radical (unpaired) electrons. The molecule has 0 aromatic heterocycles. The van der Waals surface area contributed by atoms with E-state index >= 15 is 0 Å². The van der Waals surface area contributed by atoms with E-state index in [1.54, 1.807) is 0 Å². The first kappa shape index (κ1) is 9.92. The largest absolute Gasteiger partial charge is 0.381 e. The van der Waals surface area contributed by atoms with Gasteiger partial charge in [-0.2, -0.15) is 0 Å². The molecular formula is C8H19NO. The van der Waals surface area contributed by atoms with E-state index in [2.05, 4.69) is 19.2 Å². The fourth-order valence-electron chi connectivity index (χ4n) is 0.836. The monoisotopic (exact) mass is 145 g/mol. The first-order valence-corrected chi connectivity index (χ1v) is 4.03. The molecule has 0 spiro atoms. The Morgan fingerprint density at radius 2 is 2.20 bits per heavy atom. The van der Waals surface area contributed by atoms with Crippen molar-refractivity contribution >= 4 is 0 Å². The SMILES string of the molecule is CCCOCC(C)CNC. The van der Waals surface area contributed by atoms with E-state index in [0.717, 1.165) is 26.2 Å². The van der Waals surface area contributed by atoms with Gasteiger partial charge in [-0.3, -0.25) is 0 Å². The molecule has 2 nitrogen and oxygen atoms in total. The quantitative estimate of drug-likeness (QED) is 0.568. The Morgan fingerprint density at radius 3 is 2.70 bits per heavy atom. The van der Waals surface area contributed by atoms with Gasteiger partial charge in [0.15, 0.2) is 0 Å². The van der Waals surface area contributed by atoms with Crippen LogP contribution in [0.3, 0.4) is 0 Å². The van der Waals surface area contributed by atoms with Crippen LogP contribution >= 0.6 is 0 Å². The van der Waals surface area contributed by atoms with Crippen molar-refractivity contribution < 1.29 is 4.74 Å². The second-order valence-corrected chi connectivity index (χ2v) is 2.74. The van der Waals surface area contributed by atoms with Crippen molar-refractivity contribution in [3.63, 3.8) is 0 Å².